The Kier molecular flexibility index (Phi) is 7.37. The molecule has 2 heterocycles. The van der Waals surface area contributed by atoms with E-state index in [0.29, 0.717) is 44.8 Å². The fraction of sp³-hybridized carbons (Fsp3) is 0.870. The topological polar surface area (TPSA) is 85.4 Å². The molecule has 0 bridgehead atoms. The van der Waals surface area contributed by atoms with Crippen molar-refractivity contribution in [2.24, 2.45) is 5.92 Å². The van der Waals surface area contributed by atoms with E-state index in [1.165, 1.54) is 7.11 Å². The summed E-state index contributed by atoms with van der Waals surface area (Å²) in [6.45, 7) is 7.29. The van der Waals surface area contributed by atoms with Gasteiger partial charge in [-0.2, -0.15) is 0 Å². The third-order valence-electron chi connectivity index (χ3n) is 6.80. The number of hydrogen-bond acceptors (Lipinski definition) is 6. The van der Waals surface area contributed by atoms with Crippen molar-refractivity contribution in [1.82, 2.24) is 9.80 Å². The molecule has 2 saturated heterocycles. The van der Waals surface area contributed by atoms with E-state index in [4.69, 9.17) is 14.2 Å². The molecule has 2 aliphatic heterocycles. The van der Waals surface area contributed by atoms with Crippen LogP contribution in [-0.2, 0) is 19.0 Å². The summed E-state index contributed by atoms with van der Waals surface area (Å²) in [6.07, 6.45) is 7.31. The van der Waals surface area contributed by atoms with Crippen molar-refractivity contribution in [2.45, 2.75) is 95.8 Å². The summed E-state index contributed by atoms with van der Waals surface area (Å²) in [5, 5.41) is 0. The van der Waals surface area contributed by atoms with Crippen molar-refractivity contribution < 1.29 is 28.6 Å². The maximum atomic E-state index is 12.7. The van der Waals surface area contributed by atoms with Gasteiger partial charge in [0.15, 0.2) is 0 Å². The number of methoxy groups -OCH3 is 1. The zero-order chi connectivity index (χ0) is 22.6. The van der Waals surface area contributed by atoms with Crippen molar-refractivity contribution in [3.8, 4) is 0 Å². The van der Waals surface area contributed by atoms with Gasteiger partial charge >= 0.3 is 18.2 Å². The van der Waals surface area contributed by atoms with Crippen LogP contribution in [0.3, 0.4) is 0 Å². The van der Waals surface area contributed by atoms with Crippen LogP contribution in [0.25, 0.3) is 0 Å². The first-order valence-electron chi connectivity index (χ1n) is 11.7. The fourth-order valence-electron chi connectivity index (χ4n) is 5.00. The lowest BCUT2D eigenvalue weighted by atomic mass is 9.82. The summed E-state index contributed by atoms with van der Waals surface area (Å²) < 4.78 is 16.0. The van der Waals surface area contributed by atoms with Crippen LogP contribution in [0.2, 0.25) is 0 Å². The second-order valence-corrected chi connectivity index (χ2v) is 10.3. The summed E-state index contributed by atoms with van der Waals surface area (Å²) in [5.41, 5.74) is -0.992. The molecule has 0 N–H and O–H groups in total. The lowest BCUT2D eigenvalue weighted by Crippen LogP contribution is -2.50. The zero-order valence-corrected chi connectivity index (χ0v) is 19.5. The molecule has 31 heavy (non-hydrogen) atoms. The maximum Gasteiger partial charge on any atom is 0.410 e. The molecule has 0 radical (unpaired) electrons. The van der Waals surface area contributed by atoms with Gasteiger partial charge in [-0.25, -0.2) is 9.59 Å². The third-order valence-corrected chi connectivity index (χ3v) is 6.80. The lowest BCUT2D eigenvalue weighted by molar-refractivity contribution is -0.140. The molecule has 176 valence electrons. The van der Waals surface area contributed by atoms with E-state index in [9.17, 15) is 14.4 Å². The largest absolute Gasteiger partial charge is 0.469 e. The van der Waals surface area contributed by atoms with Crippen LogP contribution in [0, 0.1) is 5.92 Å². The van der Waals surface area contributed by atoms with Crippen LogP contribution in [0.1, 0.15) is 78.6 Å². The van der Waals surface area contributed by atoms with E-state index < -0.39 is 11.2 Å². The van der Waals surface area contributed by atoms with Gasteiger partial charge in [-0.3, -0.25) is 4.79 Å². The second-order valence-electron chi connectivity index (χ2n) is 10.3. The number of ether oxygens (including phenoxy) is 3. The van der Waals surface area contributed by atoms with Crippen LogP contribution in [0.15, 0.2) is 0 Å². The van der Waals surface area contributed by atoms with E-state index >= 15 is 0 Å². The van der Waals surface area contributed by atoms with Crippen molar-refractivity contribution in [2.75, 3.05) is 26.7 Å². The Morgan fingerprint density at radius 2 is 1.77 bits per heavy atom. The Morgan fingerprint density at radius 3 is 2.35 bits per heavy atom. The molecule has 1 aliphatic carbocycles. The van der Waals surface area contributed by atoms with Gasteiger partial charge in [0.1, 0.15) is 11.2 Å². The second kappa shape index (κ2) is 9.65. The number of nitrogens with zero attached hydrogens (tertiary/aromatic N) is 2. The van der Waals surface area contributed by atoms with Gasteiger partial charge in [0.25, 0.3) is 0 Å². The van der Waals surface area contributed by atoms with Crippen LogP contribution >= 0.6 is 0 Å². The van der Waals surface area contributed by atoms with Gasteiger partial charge in [-0.15, -0.1) is 0 Å². The van der Waals surface area contributed by atoms with Crippen molar-refractivity contribution >= 4 is 18.2 Å². The normalized spacial score (nSPS) is 26.0. The number of carbonyl (C=O) groups is 3. The smallest absolute Gasteiger partial charge is 0.410 e. The predicted octanol–water partition coefficient (Wildman–Crippen LogP) is 4.11. The summed E-state index contributed by atoms with van der Waals surface area (Å²) in [5.74, 6) is 0.474. The summed E-state index contributed by atoms with van der Waals surface area (Å²) in [7, 11) is 1.43. The molecule has 8 nitrogen and oxygen atoms in total. The van der Waals surface area contributed by atoms with Gasteiger partial charge in [0.05, 0.1) is 13.7 Å². The first-order chi connectivity index (χ1) is 14.6. The van der Waals surface area contributed by atoms with Gasteiger partial charge < -0.3 is 24.0 Å². The molecule has 1 saturated carbocycles. The van der Waals surface area contributed by atoms with Crippen molar-refractivity contribution in [3.63, 3.8) is 0 Å². The quantitative estimate of drug-likeness (QED) is 0.474. The molecule has 2 amide bonds. The Bertz CT molecular complexity index is 657. The number of likely N-dealkylation sites (tertiary alicyclic amines) is 1. The summed E-state index contributed by atoms with van der Waals surface area (Å²) in [4.78, 5) is 39.9. The molecular weight excluding hydrogens is 400 g/mol. The first kappa shape index (κ1) is 23.7. The van der Waals surface area contributed by atoms with Gasteiger partial charge in [-0.05, 0) is 65.2 Å². The molecule has 0 unspecified atom stereocenters. The van der Waals surface area contributed by atoms with Gasteiger partial charge in [0.2, 0.25) is 0 Å². The first-order valence-corrected chi connectivity index (χ1v) is 11.7. The average molecular weight is 439 g/mol. The SMILES string of the molecule is COC(=O)CCCC1CCC(N2CC3(CCN(C(=O)OC(C)(C)C)CC3)OC2=O)CC1. The fourth-order valence-corrected chi connectivity index (χ4v) is 5.00. The van der Waals surface area contributed by atoms with Crippen LogP contribution in [-0.4, -0.2) is 71.9 Å². The summed E-state index contributed by atoms with van der Waals surface area (Å²) >= 11 is 0. The number of hydrogen-bond donors (Lipinski definition) is 0. The predicted molar refractivity (Wildman–Crippen MR) is 115 cm³/mol. The molecule has 0 aromatic carbocycles. The molecule has 8 heteroatoms. The number of rotatable bonds is 5. The Balaban J connectivity index is 1.44. The molecular formula is C23H38N2O6. The minimum absolute atomic E-state index is 0.142. The minimum atomic E-state index is -0.513. The van der Waals surface area contributed by atoms with Crippen molar-refractivity contribution in [1.29, 1.82) is 0 Å². The number of esters is 1. The monoisotopic (exact) mass is 438 g/mol. The highest BCUT2D eigenvalue weighted by Gasteiger charge is 2.49. The lowest BCUT2D eigenvalue weighted by Gasteiger charge is -2.38. The Morgan fingerprint density at radius 1 is 1.13 bits per heavy atom. The molecule has 3 rings (SSSR count). The Labute approximate surface area is 185 Å². The highest BCUT2D eigenvalue weighted by atomic mass is 16.6. The van der Waals surface area contributed by atoms with Gasteiger partial charge in [-0.1, -0.05) is 0 Å². The van der Waals surface area contributed by atoms with E-state index in [1.54, 1.807) is 4.90 Å². The minimum Gasteiger partial charge on any atom is -0.469 e. The van der Waals surface area contributed by atoms with Crippen molar-refractivity contribution in [3.05, 3.63) is 0 Å². The highest BCUT2D eigenvalue weighted by molar-refractivity contribution is 5.72. The molecule has 0 aromatic heterocycles. The van der Waals surface area contributed by atoms with Gasteiger partial charge in [0, 0.05) is 38.4 Å². The van der Waals surface area contributed by atoms with Crippen LogP contribution in [0.5, 0.6) is 0 Å². The number of piperidine rings is 1. The molecule has 0 atom stereocenters. The third kappa shape index (κ3) is 6.26. The Hall–Kier alpha value is -1.99. The zero-order valence-electron chi connectivity index (χ0n) is 19.5. The number of carbonyl (C=O) groups excluding carboxylic acids is 3. The molecule has 3 aliphatic rings. The summed E-state index contributed by atoms with van der Waals surface area (Å²) in [6, 6.07) is 0.229. The average Bonchev–Trinajstić information content (AvgIpc) is 3.03. The number of amides is 2. The van der Waals surface area contributed by atoms with E-state index in [0.717, 1.165) is 38.5 Å². The molecule has 0 aromatic rings. The van der Waals surface area contributed by atoms with Crippen LogP contribution in [0.4, 0.5) is 9.59 Å². The standard InChI is InChI=1S/C23H38N2O6/c1-22(2,3)30-20(27)24-14-12-23(13-15-24)16-25(21(28)31-23)18-10-8-17(9-11-18)6-5-7-19(26)29-4/h17-18H,5-16H2,1-4H3. The maximum absolute atomic E-state index is 12.7. The molecule has 3 fully saturated rings. The van der Waals surface area contributed by atoms with E-state index in [2.05, 4.69) is 0 Å². The highest BCUT2D eigenvalue weighted by Crippen LogP contribution is 2.38. The van der Waals surface area contributed by atoms with E-state index in [-0.39, 0.29) is 24.2 Å². The molecule has 1 spiro atoms. The van der Waals surface area contributed by atoms with Crippen LogP contribution < -0.4 is 0 Å². The van der Waals surface area contributed by atoms with E-state index in [1.807, 2.05) is 25.7 Å².